The van der Waals surface area contributed by atoms with Gasteiger partial charge in [-0.25, -0.2) is 0 Å². The summed E-state index contributed by atoms with van der Waals surface area (Å²) in [5.74, 6) is 6.51. The first-order valence-electron chi connectivity index (χ1n) is 5.84. The highest BCUT2D eigenvalue weighted by Crippen LogP contribution is 2.28. The first-order chi connectivity index (χ1) is 9.24. The predicted octanol–water partition coefficient (Wildman–Crippen LogP) is 1.16. The van der Waals surface area contributed by atoms with Crippen molar-refractivity contribution in [1.29, 1.82) is 0 Å². The number of aliphatic hydroxyl groups is 2. The summed E-state index contributed by atoms with van der Waals surface area (Å²) in [5, 5.41) is 17.8. The van der Waals surface area contributed by atoms with E-state index in [9.17, 15) is 5.11 Å². The lowest BCUT2D eigenvalue weighted by Gasteiger charge is -2.10. The maximum Gasteiger partial charge on any atom is 0.160 e. The maximum absolute atomic E-state index is 9.26. The summed E-state index contributed by atoms with van der Waals surface area (Å²) in [7, 11) is 3.16. The Hall–Kier alpha value is -1.96. The van der Waals surface area contributed by atoms with Crippen molar-refractivity contribution in [2.45, 2.75) is 6.42 Å². The van der Waals surface area contributed by atoms with Gasteiger partial charge in [-0.15, -0.1) is 0 Å². The van der Waals surface area contributed by atoms with Crippen molar-refractivity contribution in [3.05, 3.63) is 35.4 Å². The number of rotatable bonds is 5. The zero-order valence-electron chi connectivity index (χ0n) is 11.1. The molecule has 1 aromatic rings. The molecule has 0 atom stereocenters. The monoisotopic (exact) mass is 262 g/mol. The third-order valence-corrected chi connectivity index (χ3v) is 2.54. The first kappa shape index (κ1) is 15.1. The minimum Gasteiger partial charge on any atom is -0.493 e. The molecule has 4 heteroatoms. The SMILES string of the molecule is COc1ccc(C/C(=C\C#CCO)CO)cc1OC. The first-order valence-corrected chi connectivity index (χ1v) is 5.84. The van der Waals surface area contributed by atoms with Crippen molar-refractivity contribution < 1.29 is 19.7 Å². The number of ether oxygens (including phenoxy) is 2. The Morgan fingerprint density at radius 1 is 1.21 bits per heavy atom. The Bertz CT molecular complexity index is 495. The molecule has 19 heavy (non-hydrogen) atoms. The molecule has 0 saturated carbocycles. The van der Waals surface area contributed by atoms with E-state index in [-0.39, 0.29) is 13.2 Å². The number of hydrogen-bond acceptors (Lipinski definition) is 4. The van der Waals surface area contributed by atoms with E-state index >= 15 is 0 Å². The number of aliphatic hydroxyl groups excluding tert-OH is 2. The van der Waals surface area contributed by atoms with E-state index in [1.165, 1.54) is 0 Å². The molecule has 2 N–H and O–H groups in total. The second kappa shape index (κ2) is 8.20. The van der Waals surface area contributed by atoms with Crippen molar-refractivity contribution in [2.24, 2.45) is 0 Å². The van der Waals surface area contributed by atoms with Crippen LogP contribution >= 0.6 is 0 Å². The highest BCUT2D eigenvalue weighted by atomic mass is 16.5. The van der Waals surface area contributed by atoms with Crippen LogP contribution in [0, 0.1) is 11.8 Å². The van der Waals surface area contributed by atoms with Gasteiger partial charge in [0.1, 0.15) is 6.61 Å². The van der Waals surface area contributed by atoms with Crippen molar-refractivity contribution in [3.63, 3.8) is 0 Å². The van der Waals surface area contributed by atoms with Crippen molar-refractivity contribution in [2.75, 3.05) is 27.4 Å². The molecule has 0 spiro atoms. The Morgan fingerprint density at radius 3 is 2.53 bits per heavy atom. The second-order valence-corrected chi connectivity index (χ2v) is 3.81. The van der Waals surface area contributed by atoms with Gasteiger partial charge >= 0.3 is 0 Å². The van der Waals surface area contributed by atoms with E-state index < -0.39 is 0 Å². The second-order valence-electron chi connectivity index (χ2n) is 3.81. The summed E-state index contributed by atoms with van der Waals surface area (Å²) >= 11 is 0. The quantitative estimate of drug-likeness (QED) is 0.782. The molecule has 4 nitrogen and oxygen atoms in total. The van der Waals surface area contributed by atoms with Gasteiger partial charge in [0.15, 0.2) is 11.5 Å². The molecule has 0 bridgehead atoms. The van der Waals surface area contributed by atoms with Crippen LogP contribution in [-0.2, 0) is 6.42 Å². The van der Waals surface area contributed by atoms with Crippen molar-refractivity contribution in [1.82, 2.24) is 0 Å². The van der Waals surface area contributed by atoms with Gasteiger partial charge < -0.3 is 19.7 Å². The Kier molecular flexibility index (Phi) is 6.51. The summed E-state index contributed by atoms with van der Waals surface area (Å²) in [6.45, 7) is -0.264. The molecule has 0 aliphatic rings. The van der Waals surface area contributed by atoms with Gasteiger partial charge in [-0.2, -0.15) is 0 Å². The minimum atomic E-state index is -0.189. The zero-order chi connectivity index (χ0) is 14.1. The molecule has 0 aromatic heterocycles. The fourth-order valence-corrected chi connectivity index (χ4v) is 1.60. The van der Waals surface area contributed by atoms with E-state index in [1.807, 2.05) is 18.2 Å². The fourth-order valence-electron chi connectivity index (χ4n) is 1.60. The van der Waals surface area contributed by atoms with Crippen molar-refractivity contribution in [3.8, 4) is 23.3 Å². The van der Waals surface area contributed by atoms with Crippen LogP contribution in [-0.4, -0.2) is 37.6 Å². The molecule has 0 unspecified atom stereocenters. The van der Waals surface area contributed by atoms with E-state index in [0.29, 0.717) is 17.9 Å². The van der Waals surface area contributed by atoms with Crippen LogP contribution in [0.3, 0.4) is 0 Å². The maximum atomic E-state index is 9.26. The molecule has 0 saturated heterocycles. The third-order valence-electron chi connectivity index (χ3n) is 2.54. The Labute approximate surface area is 113 Å². The number of allylic oxidation sites excluding steroid dienone is 1. The molecular weight excluding hydrogens is 244 g/mol. The molecule has 1 rings (SSSR count). The fraction of sp³-hybridized carbons (Fsp3) is 0.333. The van der Waals surface area contributed by atoms with Crippen LogP contribution in [0.5, 0.6) is 11.5 Å². The summed E-state index contributed by atoms with van der Waals surface area (Å²) in [5.41, 5.74) is 1.76. The smallest absolute Gasteiger partial charge is 0.160 e. The van der Waals surface area contributed by atoms with Gasteiger partial charge in [-0.3, -0.25) is 0 Å². The summed E-state index contributed by atoms with van der Waals surface area (Å²) < 4.78 is 10.4. The van der Waals surface area contributed by atoms with Crippen LogP contribution < -0.4 is 9.47 Å². The third kappa shape index (κ3) is 4.66. The van der Waals surface area contributed by atoms with E-state index in [1.54, 1.807) is 20.3 Å². The number of methoxy groups -OCH3 is 2. The Balaban J connectivity index is 2.88. The molecule has 0 fully saturated rings. The average Bonchev–Trinajstić information content (AvgIpc) is 2.46. The summed E-state index contributed by atoms with van der Waals surface area (Å²) in [4.78, 5) is 0. The molecule has 0 radical (unpaired) electrons. The molecule has 0 amide bonds. The average molecular weight is 262 g/mol. The van der Waals surface area contributed by atoms with Gasteiger partial charge in [0.05, 0.1) is 20.8 Å². The normalized spacial score (nSPS) is 10.6. The zero-order valence-corrected chi connectivity index (χ0v) is 11.1. The largest absolute Gasteiger partial charge is 0.493 e. The van der Waals surface area contributed by atoms with E-state index in [0.717, 1.165) is 11.1 Å². The van der Waals surface area contributed by atoms with Crippen LogP contribution in [0.4, 0.5) is 0 Å². The standard InChI is InChI=1S/C15H18O4/c1-18-14-7-6-12(10-15(14)19-2)9-13(11-17)5-3-4-8-16/h5-7,10,16-17H,8-9,11H2,1-2H3/b13-5+. The van der Waals surface area contributed by atoms with Crippen LogP contribution in [0.1, 0.15) is 5.56 Å². The van der Waals surface area contributed by atoms with Gasteiger partial charge in [-0.1, -0.05) is 17.9 Å². The van der Waals surface area contributed by atoms with E-state index in [2.05, 4.69) is 11.8 Å². The van der Waals surface area contributed by atoms with Crippen LogP contribution in [0.2, 0.25) is 0 Å². The van der Waals surface area contributed by atoms with Crippen LogP contribution in [0.15, 0.2) is 29.8 Å². The van der Waals surface area contributed by atoms with Crippen LogP contribution in [0.25, 0.3) is 0 Å². The van der Waals surface area contributed by atoms with Gasteiger partial charge in [-0.05, 0) is 35.8 Å². The number of benzene rings is 1. The van der Waals surface area contributed by atoms with Gasteiger partial charge in [0.2, 0.25) is 0 Å². The van der Waals surface area contributed by atoms with Gasteiger partial charge in [0.25, 0.3) is 0 Å². The lowest BCUT2D eigenvalue weighted by molar-refractivity contribution is 0.328. The topological polar surface area (TPSA) is 58.9 Å². The molecule has 0 heterocycles. The molecule has 1 aromatic carbocycles. The highest BCUT2D eigenvalue weighted by Gasteiger charge is 2.05. The minimum absolute atomic E-state index is 0.0749. The molecule has 102 valence electrons. The van der Waals surface area contributed by atoms with Gasteiger partial charge in [0, 0.05) is 0 Å². The van der Waals surface area contributed by atoms with E-state index in [4.69, 9.17) is 14.6 Å². The van der Waals surface area contributed by atoms with Crippen molar-refractivity contribution >= 4 is 0 Å². The molecule has 0 aliphatic heterocycles. The highest BCUT2D eigenvalue weighted by molar-refractivity contribution is 5.44. The number of hydrogen-bond donors (Lipinski definition) is 2. The summed E-state index contributed by atoms with van der Waals surface area (Å²) in [6, 6.07) is 5.59. The Morgan fingerprint density at radius 2 is 1.95 bits per heavy atom. The molecular formula is C15H18O4. The lowest BCUT2D eigenvalue weighted by Crippen LogP contribution is -1.97. The molecule has 0 aliphatic carbocycles. The lowest BCUT2D eigenvalue weighted by atomic mass is 10.0. The predicted molar refractivity (Wildman–Crippen MR) is 73.3 cm³/mol. The summed E-state index contributed by atoms with van der Waals surface area (Å²) in [6.07, 6.45) is 2.18.